The number of hydrogen-bond acceptors (Lipinski definition) is 2. The summed E-state index contributed by atoms with van der Waals surface area (Å²) in [5.74, 6) is 0.0701. The van der Waals surface area contributed by atoms with Crippen molar-refractivity contribution in [2.45, 2.75) is 12.8 Å². The molecule has 3 heterocycles. The van der Waals surface area contributed by atoms with Crippen molar-refractivity contribution in [1.82, 2.24) is 15.2 Å². The quantitative estimate of drug-likeness (QED) is 0.797. The van der Waals surface area contributed by atoms with Crippen LogP contribution in [0, 0.1) is 5.41 Å². The molecule has 2 fully saturated rings. The lowest BCUT2D eigenvalue weighted by Gasteiger charge is -2.22. The smallest absolute Gasteiger partial charge is 0.270 e. The molecule has 0 saturated carbocycles. The Morgan fingerprint density at radius 1 is 1.47 bits per heavy atom. The van der Waals surface area contributed by atoms with Crippen LogP contribution in [0.5, 0.6) is 0 Å². The van der Waals surface area contributed by atoms with E-state index in [0.717, 1.165) is 32.6 Å². The third-order valence-corrected chi connectivity index (χ3v) is 4.15. The molecule has 5 heteroatoms. The first-order chi connectivity index (χ1) is 8.19. The highest BCUT2D eigenvalue weighted by molar-refractivity contribution is 6.30. The van der Waals surface area contributed by atoms with Crippen molar-refractivity contribution in [2.75, 3.05) is 26.2 Å². The zero-order valence-electron chi connectivity index (χ0n) is 9.63. The van der Waals surface area contributed by atoms with Gasteiger partial charge in [-0.05, 0) is 25.5 Å². The fourth-order valence-electron chi connectivity index (χ4n) is 2.91. The molecule has 0 radical (unpaired) electrons. The second-order valence-corrected chi connectivity index (χ2v) is 5.57. The van der Waals surface area contributed by atoms with Gasteiger partial charge in [-0.1, -0.05) is 11.6 Å². The largest absolute Gasteiger partial charge is 0.356 e. The number of halogens is 1. The molecule has 1 spiro atoms. The number of carbonyl (C=O) groups excluding carboxylic acids is 1. The molecule has 2 aliphatic heterocycles. The van der Waals surface area contributed by atoms with E-state index in [1.807, 2.05) is 4.90 Å². The van der Waals surface area contributed by atoms with Gasteiger partial charge in [0, 0.05) is 31.2 Å². The Morgan fingerprint density at radius 2 is 2.35 bits per heavy atom. The van der Waals surface area contributed by atoms with Crippen LogP contribution < -0.4 is 5.32 Å². The van der Waals surface area contributed by atoms with Gasteiger partial charge in [0.1, 0.15) is 5.69 Å². The Labute approximate surface area is 105 Å². The first kappa shape index (κ1) is 11.1. The number of hydrogen-bond donors (Lipinski definition) is 2. The minimum atomic E-state index is 0.0701. The molecule has 4 nitrogen and oxygen atoms in total. The first-order valence-corrected chi connectivity index (χ1v) is 6.40. The average Bonchev–Trinajstić information content (AvgIpc) is 3.02. The van der Waals surface area contributed by atoms with Gasteiger partial charge in [0.15, 0.2) is 0 Å². The SMILES string of the molecule is O=C(c1cc(Cl)c[nH]1)N1CCC2(CCNC2)C1. The summed E-state index contributed by atoms with van der Waals surface area (Å²) in [5.41, 5.74) is 0.921. The van der Waals surface area contributed by atoms with Crippen molar-refractivity contribution < 1.29 is 4.79 Å². The maximum atomic E-state index is 12.2. The van der Waals surface area contributed by atoms with E-state index in [-0.39, 0.29) is 5.91 Å². The average molecular weight is 254 g/mol. The van der Waals surface area contributed by atoms with E-state index in [9.17, 15) is 4.79 Å². The van der Waals surface area contributed by atoms with Gasteiger partial charge >= 0.3 is 0 Å². The maximum absolute atomic E-state index is 12.2. The van der Waals surface area contributed by atoms with Crippen molar-refractivity contribution >= 4 is 17.5 Å². The summed E-state index contributed by atoms with van der Waals surface area (Å²) < 4.78 is 0. The van der Waals surface area contributed by atoms with E-state index in [2.05, 4.69) is 10.3 Å². The molecule has 92 valence electrons. The van der Waals surface area contributed by atoms with Crippen LogP contribution in [0.4, 0.5) is 0 Å². The monoisotopic (exact) mass is 253 g/mol. The Kier molecular flexibility index (Phi) is 2.64. The van der Waals surface area contributed by atoms with Crippen LogP contribution in [-0.4, -0.2) is 42.0 Å². The second-order valence-electron chi connectivity index (χ2n) is 5.14. The Bertz CT molecular complexity index is 437. The van der Waals surface area contributed by atoms with Crippen LogP contribution in [0.15, 0.2) is 12.3 Å². The lowest BCUT2D eigenvalue weighted by molar-refractivity contribution is 0.0770. The van der Waals surface area contributed by atoms with Gasteiger partial charge in [0.2, 0.25) is 0 Å². The lowest BCUT2D eigenvalue weighted by Crippen LogP contribution is -2.33. The van der Waals surface area contributed by atoms with Crippen molar-refractivity contribution in [3.8, 4) is 0 Å². The van der Waals surface area contributed by atoms with Crippen molar-refractivity contribution in [3.63, 3.8) is 0 Å². The standard InChI is InChI=1S/C12H16ClN3O/c13-9-5-10(15-6-9)11(17)16-4-2-12(8-16)1-3-14-7-12/h5-6,14-15H,1-4,7-8H2. The highest BCUT2D eigenvalue weighted by atomic mass is 35.5. The summed E-state index contributed by atoms with van der Waals surface area (Å²) in [7, 11) is 0. The first-order valence-electron chi connectivity index (χ1n) is 6.03. The summed E-state index contributed by atoms with van der Waals surface area (Å²) in [6, 6.07) is 1.70. The predicted molar refractivity (Wildman–Crippen MR) is 66.2 cm³/mol. The van der Waals surface area contributed by atoms with Gasteiger partial charge in [0.25, 0.3) is 5.91 Å². The highest BCUT2D eigenvalue weighted by Gasteiger charge is 2.42. The number of nitrogens with one attached hydrogen (secondary N) is 2. The summed E-state index contributed by atoms with van der Waals surface area (Å²) in [5, 5.41) is 3.98. The number of aromatic nitrogens is 1. The van der Waals surface area contributed by atoms with E-state index in [1.54, 1.807) is 12.3 Å². The molecule has 0 aliphatic carbocycles. The normalized spacial score (nSPS) is 28.2. The summed E-state index contributed by atoms with van der Waals surface area (Å²) in [6.45, 7) is 3.85. The molecule has 2 N–H and O–H groups in total. The number of likely N-dealkylation sites (tertiary alicyclic amines) is 1. The van der Waals surface area contributed by atoms with Crippen molar-refractivity contribution in [2.24, 2.45) is 5.41 Å². The summed E-state index contributed by atoms with van der Waals surface area (Å²) in [4.78, 5) is 17.1. The zero-order valence-corrected chi connectivity index (χ0v) is 10.4. The minimum Gasteiger partial charge on any atom is -0.356 e. The van der Waals surface area contributed by atoms with Gasteiger partial charge in [0.05, 0.1) is 5.02 Å². The van der Waals surface area contributed by atoms with E-state index in [0.29, 0.717) is 16.1 Å². The van der Waals surface area contributed by atoms with Crippen LogP contribution in [0.3, 0.4) is 0 Å². The van der Waals surface area contributed by atoms with Crippen molar-refractivity contribution in [3.05, 3.63) is 23.0 Å². The molecule has 0 aromatic carbocycles. The van der Waals surface area contributed by atoms with E-state index in [4.69, 9.17) is 11.6 Å². The molecule has 3 rings (SSSR count). The molecule has 1 amide bonds. The van der Waals surface area contributed by atoms with E-state index < -0.39 is 0 Å². The molecule has 17 heavy (non-hydrogen) atoms. The third-order valence-electron chi connectivity index (χ3n) is 3.94. The Morgan fingerprint density at radius 3 is 3.00 bits per heavy atom. The van der Waals surface area contributed by atoms with Crippen molar-refractivity contribution in [1.29, 1.82) is 0 Å². The fourth-order valence-corrected chi connectivity index (χ4v) is 3.08. The van der Waals surface area contributed by atoms with Gasteiger partial charge in [-0.2, -0.15) is 0 Å². The van der Waals surface area contributed by atoms with Crippen LogP contribution >= 0.6 is 11.6 Å². The van der Waals surface area contributed by atoms with Gasteiger partial charge in [-0.25, -0.2) is 0 Å². The van der Waals surface area contributed by atoms with Gasteiger partial charge < -0.3 is 15.2 Å². The summed E-state index contributed by atoms with van der Waals surface area (Å²) >= 11 is 5.82. The number of rotatable bonds is 1. The van der Waals surface area contributed by atoms with Crippen LogP contribution in [0.1, 0.15) is 23.3 Å². The molecule has 1 aromatic heterocycles. The Balaban J connectivity index is 1.72. The van der Waals surface area contributed by atoms with Gasteiger partial charge in [-0.15, -0.1) is 0 Å². The molecule has 0 bridgehead atoms. The summed E-state index contributed by atoms with van der Waals surface area (Å²) in [6.07, 6.45) is 3.94. The predicted octanol–water partition coefficient (Wildman–Crippen LogP) is 1.49. The number of nitrogens with zero attached hydrogens (tertiary/aromatic N) is 1. The van der Waals surface area contributed by atoms with Crippen LogP contribution in [-0.2, 0) is 0 Å². The fraction of sp³-hybridized carbons (Fsp3) is 0.583. The lowest BCUT2D eigenvalue weighted by atomic mass is 9.87. The number of aromatic amines is 1. The second kappa shape index (κ2) is 4.03. The molecule has 2 saturated heterocycles. The van der Waals surface area contributed by atoms with Crippen LogP contribution in [0.25, 0.3) is 0 Å². The number of carbonyl (C=O) groups is 1. The Hall–Kier alpha value is -1.00. The maximum Gasteiger partial charge on any atom is 0.270 e. The third kappa shape index (κ3) is 1.96. The molecule has 1 atom stereocenters. The molecular formula is C12H16ClN3O. The molecular weight excluding hydrogens is 238 g/mol. The highest BCUT2D eigenvalue weighted by Crippen LogP contribution is 2.36. The van der Waals surface area contributed by atoms with Gasteiger partial charge in [-0.3, -0.25) is 4.79 Å². The zero-order chi connectivity index (χ0) is 11.9. The molecule has 2 aliphatic rings. The number of amides is 1. The minimum absolute atomic E-state index is 0.0701. The number of H-pyrrole nitrogens is 1. The molecule has 1 unspecified atom stereocenters. The van der Waals surface area contributed by atoms with Crippen LogP contribution in [0.2, 0.25) is 5.02 Å². The van der Waals surface area contributed by atoms with E-state index in [1.165, 1.54) is 6.42 Å². The topological polar surface area (TPSA) is 48.1 Å². The van der Waals surface area contributed by atoms with E-state index >= 15 is 0 Å². The molecule has 1 aromatic rings.